The van der Waals surface area contributed by atoms with E-state index in [1.807, 2.05) is 20.8 Å². The van der Waals surface area contributed by atoms with Crippen LogP contribution in [-0.4, -0.2) is 41.6 Å². The maximum absolute atomic E-state index is 5.70. The molecule has 0 amide bonds. The zero-order valence-electron chi connectivity index (χ0n) is 9.55. The lowest BCUT2D eigenvalue weighted by atomic mass is 10.2. The van der Waals surface area contributed by atoms with Crippen LogP contribution in [0.4, 0.5) is 0 Å². The van der Waals surface area contributed by atoms with Crippen LogP contribution in [-0.2, 0) is 4.74 Å². The second-order valence-corrected chi connectivity index (χ2v) is 4.71. The van der Waals surface area contributed by atoms with Gasteiger partial charge in [-0.3, -0.25) is 7.05 Å². The fourth-order valence-corrected chi connectivity index (χ4v) is 1.42. The largest absolute Gasteiger partial charge is 0.474 e. The molecular weight excluding hydrogens is 176 g/mol. The highest BCUT2D eigenvalue weighted by Gasteiger charge is 2.18. The molecule has 0 aromatic carbocycles. The first-order valence-electron chi connectivity index (χ1n) is 5.07. The van der Waals surface area contributed by atoms with E-state index in [2.05, 4.69) is 23.4 Å². The number of hydrogen-bond donors (Lipinski definition) is 0. The Morgan fingerprint density at radius 3 is 2.14 bits per heavy atom. The van der Waals surface area contributed by atoms with Crippen LogP contribution in [0.15, 0.2) is 12.5 Å². The van der Waals surface area contributed by atoms with E-state index in [4.69, 9.17) is 4.74 Å². The first-order valence-corrected chi connectivity index (χ1v) is 5.07. The van der Waals surface area contributed by atoms with Crippen molar-refractivity contribution in [3.63, 3.8) is 0 Å². The lowest BCUT2D eigenvalue weighted by molar-refractivity contribution is -0.00638. The Morgan fingerprint density at radius 2 is 1.71 bits per heavy atom. The summed E-state index contributed by atoms with van der Waals surface area (Å²) in [4.78, 5) is 4.24. The minimum atomic E-state index is -0.154. The number of nitrogens with zero attached hydrogens (tertiary/aromatic N) is 2. The average molecular weight is 197 g/mol. The molecule has 0 spiro atoms. The molecule has 0 aromatic rings. The van der Waals surface area contributed by atoms with Gasteiger partial charge in [-0.2, -0.15) is 0 Å². The van der Waals surface area contributed by atoms with Crippen molar-refractivity contribution >= 4 is 0 Å². The van der Waals surface area contributed by atoms with Gasteiger partial charge in [-0.05, 0) is 40.4 Å². The van der Waals surface area contributed by atoms with Crippen molar-refractivity contribution in [2.75, 3.05) is 26.2 Å². The topological polar surface area (TPSA) is 15.7 Å². The maximum Gasteiger partial charge on any atom is 0.182 e. The van der Waals surface area contributed by atoms with Gasteiger partial charge in [0.05, 0.1) is 0 Å². The molecule has 0 N–H and O–H groups in total. The smallest absolute Gasteiger partial charge is 0.182 e. The Kier molecular flexibility index (Phi) is 3.43. The fraction of sp³-hybridized carbons (Fsp3) is 0.727. The van der Waals surface area contributed by atoms with E-state index in [9.17, 15) is 0 Å². The van der Waals surface area contributed by atoms with Gasteiger partial charge in [-0.1, -0.05) is 0 Å². The predicted octanol–water partition coefficient (Wildman–Crippen LogP) is 1.68. The van der Waals surface area contributed by atoms with Crippen LogP contribution < -0.4 is 0 Å². The van der Waals surface area contributed by atoms with E-state index in [0.29, 0.717) is 0 Å². The van der Waals surface area contributed by atoms with Gasteiger partial charge in [0.1, 0.15) is 5.60 Å². The van der Waals surface area contributed by atoms with E-state index < -0.39 is 0 Å². The second kappa shape index (κ2) is 4.22. The summed E-state index contributed by atoms with van der Waals surface area (Å²) < 4.78 is 5.70. The second-order valence-electron chi connectivity index (χ2n) is 4.71. The van der Waals surface area contributed by atoms with Crippen LogP contribution in [0.3, 0.4) is 0 Å². The Bertz CT molecular complexity index is 200. The molecule has 3 nitrogen and oxygen atoms in total. The van der Waals surface area contributed by atoms with Gasteiger partial charge in [-0.15, -0.1) is 0 Å². The normalized spacial score (nSPS) is 19.6. The number of ether oxygens (including phenoxy) is 1. The molecule has 1 heterocycles. The summed E-state index contributed by atoms with van der Waals surface area (Å²) >= 11 is 0. The van der Waals surface area contributed by atoms with Crippen molar-refractivity contribution in [1.82, 2.24) is 9.80 Å². The van der Waals surface area contributed by atoms with Crippen molar-refractivity contribution in [3.8, 4) is 0 Å². The van der Waals surface area contributed by atoms with Crippen molar-refractivity contribution in [2.45, 2.75) is 26.4 Å². The lowest BCUT2D eigenvalue weighted by Crippen LogP contribution is -2.44. The lowest BCUT2D eigenvalue weighted by Gasteiger charge is -2.40. The van der Waals surface area contributed by atoms with Crippen molar-refractivity contribution < 1.29 is 4.74 Å². The van der Waals surface area contributed by atoms with Gasteiger partial charge in [-0.25, -0.2) is 0 Å². The van der Waals surface area contributed by atoms with Gasteiger partial charge < -0.3 is 14.5 Å². The molecule has 0 radical (unpaired) electrons. The third kappa shape index (κ3) is 3.58. The van der Waals surface area contributed by atoms with Crippen LogP contribution in [0.1, 0.15) is 20.8 Å². The molecule has 82 valence electrons. The molecule has 1 fully saturated rings. The quantitative estimate of drug-likeness (QED) is 0.495. The number of piperazine rings is 1. The van der Waals surface area contributed by atoms with E-state index >= 15 is 0 Å². The Labute approximate surface area is 87.3 Å². The van der Waals surface area contributed by atoms with Gasteiger partial charge in [0, 0.05) is 13.1 Å². The van der Waals surface area contributed by atoms with E-state index in [-0.39, 0.29) is 5.60 Å². The third-order valence-electron chi connectivity index (χ3n) is 2.15. The fourth-order valence-electron chi connectivity index (χ4n) is 1.42. The van der Waals surface area contributed by atoms with E-state index in [1.165, 1.54) is 0 Å². The van der Waals surface area contributed by atoms with Crippen LogP contribution in [0.5, 0.6) is 0 Å². The van der Waals surface area contributed by atoms with Crippen LogP contribution in [0.2, 0.25) is 0 Å². The molecule has 1 aliphatic heterocycles. The summed E-state index contributed by atoms with van der Waals surface area (Å²) in [7, 11) is 3.90. The minimum Gasteiger partial charge on any atom is -0.474 e. The van der Waals surface area contributed by atoms with Gasteiger partial charge in [0.15, 0.2) is 5.88 Å². The highest BCUT2D eigenvalue weighted by Crippen LogP contribution is 2.16. The minimum absolute atomic E-state index is 0.154. The van der Waals surface area contributed by atoms with Crippen molar-refractivity contribution in [3.05, 3.63) is 19.5 Å². The highest BCUT2D eigenvalue weighted by molar-refractivity contribution is 4.89. The monoisotopic (exact) mass is 197 g/mol. The zero-order valence-corrected chi connectivity index (χ0v) is 9.55. The van der Waals surface area contributed by atoms with Gasteiger partial charge >= 0.3 is 0 Å². The molecule has 0 saturated carbocycles. The molecule has 3 heteroatoms. The molecule has 0 atom stereocenters. The Hall–Kier alpha value is -0.700. The summed E-state index contributed by atoms with van der Waals surface area (Å²) in [6.07, 6.45) is 0. The third-order valence-corrected chi connectivity index (χ3v) is 2.15. The molecular formula is C11H21N2O-. The summed E-state index contributed by atoms with van der Waals surface area (Å²) in [6, 6.07) is 0. The first-order chi connectivity index (χ1) is 6.38. The van der Waals surface area contributed by atoms with Crippen LogP contribution in [0, 0.1) is 7.05 Å². The van der Waals surface area contributed by atoms with Gasteiger partial charge in [0.2, 0.25) is 0 Å². The molecule has 0 aromatic heterocycles. The van der Waals surface area contributed by atoms with E-state index in [0.717, 1.165) is 32.1 Å². The molecule has 0 aliphatic carbocycles. The maximum atomic E-state index is 5.70. The zero-order chi connectivity index (χ0) is 10.8. The van der Waals surface area contributed by atoms with Gasteiger partial charge in [0.25, 0.3) is 0 Å². The molecule has 0 bridgehead atoms. The molecule has 1 rings (SSSR count). The average Bonchev–Trinajstić information content (AvgIpc) is 2.02. The summed E-state index contributed by atoms with van der Waals surface area (Å²) in [5, 5.41) is 0. The highest BCUT2D eigenvalue weighted by atomic mass is 16.5. The van der Waals surface area contributed by atoms with Crippen LogP contribution >= 0.6 is 0 Å². The first kappa shape index (κ1) is 11.4. The van der Waals surface area contributed by atoms with E-state index in [1.54, 1.807) is 0 Å². The molecule has 1 saturated heterocycles. The molecule has 0 unspecified atom stereocenters. The van der Waals surface area contributed by atoms with Crippen molar-refractivity contribution in [1.29, 1.82) is 0 Å². The standard InChI is InChI=1S/C11H21N2O/c1-10(14-11(2,3)4)13-8-6-12(5)7-9-13/h1,5-9H2,2-4H3/q-1. The summed E-state index contributed by atoms with van der Waals surface area (Å²) in [5.74, 6) is 0.783. The molecule has 14 heavy (non-hydrogen) atoms. The van der Waals surface area contributed by atoms with Crippen LogP contribution in [0.25, 0.3) is 0 Å². The Morgan fingerprint density at radius 1 is 1.21 bits per heavy atom. The summed E-state index contributed by atoms with van der Waals surface area (Å²) in [5.41, 5.74) is -0.154. The number of rotatable bonds is 2. The molecule has 1 aliphatic rings. The Balaban J connectivity index is 2.38. The predicted molar refractivity (Wildman–Crippen MR) is 58.5 cm³/mol. The SMILES string of the molecule is C=C(OC(C)(C)C)N1CCN([CH2-])CC1. The summed E-state index contributed by atoms with van der Waals surface area (Å²) in [6.45, 7) is 13.9. The number of hydrogen-bond acceptors (Lipinski definition) is 3. The van der Waals surface area contributed by atoms with Crippen molar-refractivity contribution in [2.24, 2.45) is 0 Å².